The van der Waals surface area contributed by atoms with Crippen molar-refractivity contribution in [2.45, 2.75) is 31.6 Å². The van der Waals surface area contributed by atoms with Crippen LogP contribution in [0.1, 0.15) is 25.0 Å². The van der Waals surface area contributed by atoms with Crippen LogP contribution in [-0.2, 0) is 22.9 Å². The molecule has 0 bridgehead atoms. The number of aromatic nitrogens is 1. The lowest BCUT2D eigenvalue weighted by molar-refractivity contribution is 0.402. The van der Waals surface area contributed by atoms with E-state index in [1.807, 2.05) is 32.0 Å². The second-order valence-electron chi connectivity index (χ2n) is 5.96. The lowest BCUT2D eigenvalue weighted by Crippen LogP contribution is -2.29. The van der Waals surface area contributed by atoms with E-state index in [-0.39, 0.29) is 10.7 Å². The third-order valence-corrected chi connectivity index (χ3v) is 6.29. The molecule has 2 aromatic carbocycles. The molecule has 0 N–H and O–H groups in total. The van der Waals surface area contributed by atoms with E-state index in [4.69, 9.17) is 9.26 Å². The van der Waals surface area contributed by atoms with Gasteiger partial charge in [-0.2, -0.15) is 0 Å². The Balaban J connectivity index is 2.17. The summed E-state index contributed by atoms with van der Waals surface area (Å²) in [4.78, 5) is 0.118. The van der Waals surface area contributed by atoms with Crippen molar-refractivity contribution in [2.75, 3.05) is 11.3 Å². The fourth-order valence-electron chi connectivity index (χ4n) is 2.96. The van der Waals surface area contributed by atoms with Crippen LogP contribution in [0, 0.1) is 0 Å². The first kappa shape index (κ1) is 18.3. The average Bonchev–Trinajstić information content (AvgIpc) is 3.10. The SMILES string of the molecule is BN(c1noc2cccc(CC)c12)S(=O)(=O)c1cc(CC)ccc1OC. The van der Waals surface area contributed by atoms with Crippen LogP contribution in [0.3, 0.4) is 0 Å². The second kappa shape index (κ2) is 7.03. The molecule has 0 radical (unpaired) electrons. The molecule has 0 fully saturated rings. The summed E-state index contributed by atoms with van der Waals surface area (Å²) >= 11 is 0. The highest BCUT2D eigenvalue weighted by Crippen LogP contribution is 2.34. The molecule has 0 atom stereocenters. The maximum Gasteiger partial charge on any atom is 0.257 e. The number of methoxy groups -OCH3 is 1. The van der Waals surface area contributed by atoms with Gasteiger partial charge in [-0.1, -0.05) is 37.2 Å². The number of anilines is 1. The molecule has 3 rings (SSSR count). The number of rotatable bonds is 6. The first-order chi connectivity index (χ1) is 12.4. The summed E-state index contributed by atoms with van der Waals surface area (Å²) in [6.07, 6.45) is 1.47. The molecule has 0 saturated carbocycles. The Kier molecular flexibility index (Phi) is 4.95. The Morgan fingerprint density at radius 2 is 1.96 bits per heavy atom. The van der Waals surface area contributed by atoms with Crippen molar-refractivity contribution < 1.29 is 17.7 Å². The molecule has 0 aliphatic rings. The van der Waals surface area contributed by atoms with Crippen LogP contribution < -0.4 is 8.95 Å². The van der Waals surface area contributed by atoms with Gasteiger partial charge in [0.1, 0.15) is 10.6 Å². The van der Waals surface area contributed by atoms with Crippen LogP contribution in [0.15, 0.2) is 45.8 Å². The van der Waals surface area contributed by atoms with E-state index < -0.39 is 10.0 Å². The van der Waals surface area contributed by atoms with Gasteiger partial charge in [0.2, 0.25) is 7.98 Å². The van der Waals surface area contributed by atoms with E-state index >= 15 is 0 Å². The Morgan fingerprint density at radius 3 is 2.62 bits per heavy atom. The molecule has 3 aromatic rings. The molecule has 0 spiro atoms. The normalized spacial score (nSPS) is 11.7. The van der Waals surface area contributed by atoms with E-state index in [1.54, 1.807) is 18.2 Å². The highest BCUT2D eigenvalue weighted by Gasteiger charge is 2.29. The minimum Gasteiger partial charge on any atom is -0.495 e. The quantitative estimate of drug-likeness (QED) is 0.622. The van der Waals surface area contributed by atoms with Gasteiger partial charge in [0.15, 0.2) is 11.4 Å². The largest absolute Gasteiger partial charge is 0.495 e. The van der Waals surface area contributed by atoms with E-state index in [0.717, 1.165) is 28.2 Å². The minimum absolute atomic E-state index is 0.118. The van der Waals surface area contributed by atoms with E-state index in [1.165, 1.54) is 15.1 Å². The van der Waals surface area contributed by atoms with Gasteiger partial charge in [-0.05, 0) is 42.2 Å². The molecule has 0 saturated heterocycles. The molecular formula is C18H21BN2O4S. The molecule has 0 unspecified atom stereocenters. The fraction of sp³-hybridized carbons (Fsp3) is 0.278. The van der Waals surface area contributed by atoms with Crippen LogP contribution >= 0.6 is 0 Å². The summed E-state index contributed by atoms with van der Waals surface area (Å²) in [6, 6.07) is 10.8. The maximum atomic E-state index is 13.3. The summed E-state index contributed by atoms with van der Waals surface area (Å²) in [5.41, 5.74) is 2.46. The number of hydrogen-bond donors (Lipinski definition) is 0. The zero-order chi connectivity index (χ0) is 18.9. The molecule has 0 aliphatic heterocycles. The zero-order valence-electron chi connectivity index (χ0n) is 15.3. The molecule has 136 valence electrons. The molecule has 26 heavy (non-hydrogen) atoms. The average molecular weight is 372 g/mol. The smallest absolute Gasteiger partial charge is 0.257 e. The van der Waals surface area contributed by atoms with Crippen LogP contribution in [0.2, 0.25) is 0 Å². The number of benzene rings is 2. The van der Waals surface area contributed by atoms with Crippen LogP contribution in [-0.4, -0.2) is 28.7 Å². The summed E-state index contributed by atoms with van der Waals surface area (Å²) < 4.78 is 38.4. The van der Waals surface area contributed by atoms with Crippen molar-refractivity contribution >= 4 is 34.8 Å². The van der Waals surface area contributed by atoms with Crippen molar-refractivity contribution in [2.24, 2.45) is 0 Å². The number of aryl methyl sites for hydroxylation is 2. The van der Waals surface area contributed by atoms with Crippen molar-refractivity contribution in [1.82, 2.24) is 5.16 Å². The summed E-state index contributed by atoms with van der Waals surface area (Å²) in [5, 5.41) is 4.74. The number of hydrogen-bond acceptors (Lipinski definition) is 5. The summed E-state index contributed by atoms with van der Waals surface area (Å²) in [7, 11) is -0.926. The predicted molar refractivity (Wildman–Crippen MR) is 104 cm³/mol. The monoisotopic (exact) mass is 372 g/mol. The maximum absolute atomic E-state index is 13.3. The van der Waals surface area contributed by atoms with Gasteiger partial charge in [-0.3, -0.25) is 0 Å². The van der Waals surface area contributed by atoms with Gasteiger partial charge in [-0.15, -0.1) is 0 Å². The van der Waals surface area contributed by atoms with Crippen molar-refractivity contribution in [3.8, 4) is 5.75 Å². The molecular weight excluding hydrogens is 351 g/mol. The van der Waals surface area contributed by atoms with Gasteiger partial charge in [0.05, 0.1) is 12.5 Å². The third-order valence-electron chi connectivity index (χ3n) is 4.52. The molecule has 0 aliphatic carbocycles. The lowest BCUT2D eigenvalue weighted by Gasteiger charge is -2.20. The standard InChI is InChI=1S/C18H21BN2O4S/c1-4-12-9-10-14(24-3)16(11-12)26(22,23)21(19)18-17-13(5-2)7-6-8-15(17)25-20-18/h6-11H,4-5,19H2,1-3H3. The molecule has 0 amide bonds. The summed E-state index contributed by atoms with van der Waals surface area (Å²) in [5.74, 6) is 0.582. The Labute approximate surface area is 154 Å². The van der Waals surface area contributed by atoms with Crippen LogP contribution in [0.25, 0.3) is 11.0 Å². The van der Waals surface area contributed by atoms with Crippen LogP contribution in [0.4, 0.5) is 5.82 Å². The second-order valence-corrected chi connectivity index (χ2v) is 7.90. The zero-order valence-corrected chi connectivity index (χ0v) is 16.1. The first-order valence-corrected chi connectivity index (χ1v) is 9.91. The lowest BCUT2D eigenvalue weighted by atomic mass is 10.1. The van der Waals surface area contributed by atoms with Crippen LogP contribution in [0.5, 0.6) is 5.75 Å². The number of ether oxygens (including phenoxy) is 1. The van der Waals surface area contributed by atoms with E-state index in [2.05, 4.69) is 5.16 Å². The van der Waals surface area contributed by atoms with Crippen molar-refractivity contribution in [1.29, 1.82) is 0 Å². The van der Waals surface area contributed by atoms with Crippen molar-refractivity contribution in [3.63, 3.8) is 0 Å². The van der Waals surface area contributed by atoms with Crippen molar-refractivity contribution in [3.05, 3.63) is 47.5 Å². The van der Waals surface area contributed by atoms with Gasteiger partial charge in [-0.25, -0.2) is 8.42 Å². The highest BCUT2D eigenvalue weighted by atomic mass is 32.2. The fourth-order valence-corrected chi connectivity index (χ4v) is 4.31. The Bertz CT molecular complexity index is 1050. The van der Waals surface area contributed by atoms with E-state index in [9.17, 15) is 8.42 Å². The first-order valence-electron chi connectivity index (χ1n) is 8.47. The van der Waals surface area contributed by atoms with Gasteiger partial charge >= 0.3 is 0 Å². The molecule has 6 nitrogen and oxygen atoms in total. The third kappa shape index (κ3) is 2.94. The predicted octanol–water partition coefficient (Wildman–Crippen LogP) is 2.70. The van der Waals surface area contributed by atoms with Gasteiger partial charge in [0.25, 0.3) is 10.0 Å². The van der Waals surface area contributed by atoms with Gasteiger partial charge < -0.3 is 13.5 Å². The summed E-state index contributed by atoms with van der Waals surface area (Å²) in [6.45, 7) is 3.98. The molecule has 1 heterocycles. The molecule has 1 aromatic heterocycles. The minimum atomic E-state index is -3.87. The number of fused-ring (bicyclic) bond motifs is 1. The van der Waals surface area contributed by atoms with E-state index in [0.29, 0.717) is 16.7 Å². The Hall–Kier alpha value is -2.48. The Morgan fingerprint density at radius 1 is 1.19 bits per heavy atom. The number of sulfonamides is 1. The topological polar surface area (TPSA) is 72.6 Å². The number of nitrogens with zero attached hydrogens (tertiary/aromatic N) is 2. The highest BCUT2D eigenvalue weighted by molar-refractivity contribution is 7.94. The molecule has 8 heteroatoms. The van der Waals surface area contributed by atoms with Gasteiger partial charge in [0, 0.05) is 0 Å².